The molecular formula is C24H21Cl2F3O3. The largest absolute Gasteiger partial charge is 0.494 e. The van der Waals surface area contributed by atoms with E-state index in [9.17, 15) is 13.2 Å². The summed E-state index contributed by atoms with van der Waals surface area (Å²) in [6, 6.07) is 19.5. The first-order chi connectivity index (χ1) is 15.3. The summed E-state index contributed by atoms with van der Waals surface area (Å²) in [6.45, 7) is 1.70. The fourth-order valence-corrected chi connectivity index (χ4v) is 3.21. The number of rotatable bonds is 9. The zero-order valence-electron chi connectivity index (χ0n) is 17.2. The van der Waals surface area contributed by atoms with Crippen molar-refractivity contribution >= 4 is 23.2 Å². The van der Waals surface area contributed by atoms with E-state index >= 15 is 0 Å². The lowest BCUT2D eigenvalue weighted by Gasteiger charge is -2.18. The highest BCUT2D eigenvalue weighted by Gasteiger charge is 2.38. The Balaban J connectivity index is 1.91. The summed E-state index contributed by atoms with van der Waals surface area (Å²) in [5.74, 6) is 1.80. The second-order valence-corrected chi connectivity index (χ2v) is 7.79. The van der Waals surface area contributed by atoms with Crippen LogP contribution < -0.4 is 9.47 Å². The number of hydrogen-bond donors (Lipinski definition) is 0. The van der Waals surface area contributed by atoms with Crippen molar-refractivity contribution in [2.24, 2.45) is 0 Å². The molecule has 0 bridgehead atoms. The molecule has 0 radical (unpaired) electrons. The minimum Gasteiger partial charge on any atom is -0.494 e. The summed E-state index contributed by atoms with van der Waals surface area (Å²) in [5, 5.41) is -1.50. The molecule has 0 spiro atoms. The molecule has 0 amide bonds. The lowest BCUT2D eigenvalue weighted by Crippen LogP contribution is -2.28. The van der Waals surface area contributed by atoms with Crippen LogP contribution in [0.5, 0.6) is 17.2 Å². The lowest BCUT2D eigenvalue weighted by atomic mass is 9.98. The Morgan fingerprint density at radius 3 is 2.19 bits per heavy atom. The molecule has 1 unspecified atom stereocenters. The zero-order chi connectivity index (χ0) is 23.1. The number of benzene rings is 3. The van der Waals surface area contributed by atoms with Crippen molar-refractivity contribution in [3.8, 4) is 28.4 Å². The van der Waals surface area contributed by atoms with Gasteiger partial charge < -0.3 is 14.2 Å². The van der Waals surface area contributed by atoms with Crippen LogP contribution in [0.25, 0.3) is 11.1 Å². The van der Waals surface area contributed by atoms with E-state index in [4.69, 9.17) is 37.4 Å². The van der Waals surface area contributed by atoms with Crippen molar-refractivity contribution in [3.05, 3.63) is 77.3 Å². The molecule has 0 aliphatic rings. The van der Waals surface area contributed by atoms with Crippen molar-refractivity contribution in [2.45, 2.75) is 25.1 Å². The van der Waals surface area contributed by atoms with E-state index in [1.807, 2.05) is 31.2 Å². The summed E-state index contributed by atoms with van der Waals surface area (Å²) in [5.41, 5.74) is 2.16. The molecule has 170 valence electrons. The third-order valence-corrected chi connectivity index (χ3v) is 5.11. The topological polar surface area (TPSA) is 27.7 Å². The van der Waals surface area contributed by atoms with Crippen LogP contribution in [0.2, 0.25) is 5.02 Å². The van der Waals surface area contributed by atoms with Crippen LogP contribution in [0, 0.1) is 0 Å². The van der Waals surface area contributed by atoms with E-state index in [2.05, 4.69) is 0 Å². The predicted molar refractivity (Wildman–Crippen MR) is 120 cm³/mol. The van der Waals surface area contributed by atoms with Gasteiger partial charge in [0.2, 0.25) is 0 Å². The van der Waals surface area contributed by atoms with Gasteiger partial charge in [-0.1, -0.05) is 35.9 Å². The summed E-state index contributed by atoms with van der Waals surface area (Å²) in [7, 11) is 0. The molecule has 3 nitrogen and oxygen atoms in total. The van der Waals surface area contributed by atoms with Gasteiger partial charge in [0.05, 0.1) is 19.8 Å². The van der Waals surface area contributed by atoms with Gasteiger partial charge in [-0.15, -0.1) is 11.6 Å². The van der Waals surface area contributed by atoms with E-state index in [0.717, 1.165) is 5.56 Å². The Hall–Kier alpha value is -2.41. The molecule has 3 rings (SSSR count). The third-order valence-electron chi connectivity index (χ3n) is 4.48. The van der Waals surface area contributed by atoms with Gasteiger partial charge in [0, 0.05) is 10.6 Å². The smallest absolute Gasteiger partial charge is 0.407 e. The van der Waals surface area contributed by atoms with E-state index < -0.39 is 18.2 Å². The van der Waals surface area contributed by atoms with Crippen LogP contribution in [0.15, 0.2) is 66.7 Å². The van der Waals surface area contributed by atoms with Crippen LogP contribution in [-0.2, 0) is 11.3 Å². The average molecular weight is 485 g/mol. The van der Waals surface area contributed by atoms with Crippen LogP contribution in [-0.4, -0.2) is 24.8 Å². The number of halogens is 5. The molecule has 3 aromatic rings. The first-order valence-corrected chi connectivity index (χ1v) is 10.7. The number of hydrogen-bond acceptors (Lipinski definition) is 3. The van der Waals surface area contributed by atoms with Crippen LogP contribution in [0.1, 0.15) is 12.5 Å². The maximum Gasteiger partial charge on any atom is 0.407 e. The molecule has 1 atom stereocenters. The monoisotopic (exact) mass is 484 g/mol. The molecule has 8 heteroatoms. The lowest BCUT2D eigenvalue weighted by molar-refractivity contribution is -0.141. The highest BCUT2D eigenvalue weighted by atomic mass is 35.5. The number of ether oxygens (including phenoxy) is 3. The van der Waals surface area contributed by atoms with Gasteiger partial charge in [0.15, 0.2) is 5.38 Å². The highest BCUT2D eigenvalue weighted by Crippen LogP contribution is 2.38. The third kappa shape index (κ3) is 6.55. The van der Waals surface area contributed by atoms with Crippen molar-refractivity contribution in [1.82, 2.24) is 0 Å². The van der Waals surface area contributed by atoms with E-state index in [1.54, 1.807) is 42.5 Å². The summed E-state index contributed by atoms with van der Waals surface area (Å²) < 4.78 is 55.0. The molecule has 3 aromatic carbocycles. The van der Waals surface area contributed by atoms with Gasteiger partial charge in [0.1, 0.15) is 17.2 Å². The van der Waals surface area contributed by atoms with Gasteiger partial charge in [0.25, 0.3) is 0 Å². The predicted octanol–water partition coefficient (Wildman–Crippen LogP) is 7.88. The standard InChI is InChI=1S/C24H21Cl2F3O3/c1-2-31-19-10-6-16(7-11-19)23-17(14-30-15-22(26)24(27,28)29)4-3-5-21(23)32-20-12-8-18(25)9-13-20/h3-13,22H,2,14-15H2,1H3. The van der Waals surface area contributed by atoms with E-state index in [-0.39, 0.29) is 6.61 Å². The van der Waals surface area contributed by atoms with Crippen LogP contribution in [0.3, 0.4) is 0 Å². The normalized spacial score (nSPS) is 12.4. The highest BCUT2D eigenvalue weighted by molar-refractivity contribution is 6.30. The first-order valence-electron chi connectivity index (χ1n) is 9.85. The summed E-state index contributed by atoms with van der Waals surface area (Å²) >= 11 is 11.3. The second-order valence-electron chi connectivity index (χ2n) is 6.83. The zero-order valence-corrected chi connectivity index (χ0v) is 18.7. The molecular weight excluding hydrogens is 464 g/mol. The Morgan fingerprint density at radius 2 is 1.56 bits per heavy atom. The molecule has 0 saturated heterocycles. The van der Waals surface area contributed by atoms with Gasteiger partial charge in [-0.3, -0.25) is 0 Å². The summed E-state index contributed by atoms with van der Waals surface area (Å²) in [4.78, 5) is 0. The SMILES string of the molecule is CCOc1ccc(-c2c(COCC(Cl)C(F)(F)F)cccc2Oc2ccc(Cl)cc2)cc1. The van der Waals surface area contributed by atoms with Gasteiger partial charge in [-0.2, -0.15) is 13.2 Å². The Kier molecular flexibility index (Phi) is 8.29. The van der Waals surface area contributed by atoms with Gasteiger partial charge in [-0.25, -0.2) is 0 Å². The summed E-state index contributed by atoms with van der Waals surface area (Å²) in [6.07, 6.45) is -4.53. The van der Waals surface area contributed by atoms with Crippen molar-refractivity contribution in [2.75, 3.05) is 13.2 Å². The van der Waals surface area contributed by atoms with Gasteiger partial charge in [-0.05, 0) is 60.5 Å². The minimum atomic E-state index is -4.53. The fraction of sp³-hybridized carbons (Fsp3) is 0.250. The van der Waals surface area contributed by atoms with Crippen molar-refractivity contribution in [3.63, 3.8) is 0 Å². The Morgan fingerprint density at radius 1 is 0.906 bits per heavy atom. The van der Waals surface area contributed by atoms with Crippen molar-refractivity contribution in [1.29, 1.82) is 0 Å². The quantitative estimate of drug-likeness (QED) is 0.289. The van der Waals surface area contributed by atoms with Crippen molar-refractivity contribution < 1.29 is 27.4 Å². The average Bonchev–Trinajstić information content (AvgIpc) is 2.76. The molecule has 0 N–H and O–H groups in total. The molecule has 0 aromatic heterocycles. The molecule has 0 aliphatic heterocycles. The maximum atomic E-state index is 12.7. The Labute approximate surface area is 194 Å². The van der Waals surface area contributed by atoms with Gasteiger partial charge >= 0.3 is 6.18 Å². The molecule has 32 heavy (non-hydrogen) atoms. The molecule has 0 aliphatic carbocycles. The second kappa shape index (κ2) is 10.9. The minimum absolute atomic E-state index is 0.0698. The van der Waals surface area contributed by atoms with Crippen LogP contribution >= 0.6 is 23.2 Å². The Bertz CT molecular complexity index is 1010. The molecule has 0 fully saturated rings. The van der Waals surface area contributed by atoms with E-state index in [0.29, 0.717) is 40.0 Å². The molecule has 0 heterocycles. The fourth-order valence-electron chi connectivity index (χ4n) is 2.99. The first kappa shape index (κ1) is 24.2. The maximum absolute atomic E-state index is 12.7. The molecule has 0 saturated carbocycles. The van der Waals surface area contributed by atoms with E-state index in [1.165, 1.54) is 0 Å². The van der Waals surface area contributed by atoms with Crippen LogP contribution in [0.4, 0.5) is 13.2 Å². The number of alkyl halides is 4.